The van der Waals surface area contributed by atoms with Crippen LogP contribution in [0.4, 0.5) is 4.39 Å². The summed E-state index contributed by atoms with van der Waals surface area (Å²) in [6.45, 7) is 4.35. The molecule has 24 heavy (non-hydrogen) atoms. The molecule has 0 bridgehead atoms. The van der Waals surface area contributed by atoms with Gasteiger partial charge in [0.25, 0.3) is 0 Å². The van der Waals surface area contributed by atoms with Gasteiger partial charge in [0.05, 0.1) is 17.3 Å². The van der Waals surface area contributed by atoms with Crippen LogP contribution in [0.25, 0.3) is 0 Å². The number of aliphatic imine (C=N–C) groups is 1. The van der Waals surface area contributed by atoms with E-state index in [0.29, 0.717) is 10.7 Å². The molecule has 0 spiro atoms. The summed E-state index contributed by atoms with van der Waals surface area (Å²) in [5.41, 5.74) is 1.64. The summed E-state index contributed by atoms with van der Waals surface area (Å²) >= 11 is 6.92. The van der Waals surface area contributed by atoms with Crippen LogP contribution in [-0.4, -0.2) is 27.6 Å². The Morgan fingerprint density at radius 3 is 2.88 bits per heavy atom. The van der Waals surface area contributed by atoms with Gasteiger partial charge in [-0.3, -0.25) is 0 Å². The maximum Gasteiger partial charge on any atom is 0.172 e. The van der Waals surface area contributed by atoms with E-state index in [0.717, 1.165) is 5.17 Å². The number of thioether (sulfide) groups is 1. The van der Waals surface area contributed by atoms with Gasteiger partial charge < -0.3 is 10.6 Å². The van der Waals surface area contributed by atoms with Crippen LogP contribution in [0, 0.1) is 0 Å². The topological polar surface area (TPSA) is 36.4 Å². The highest BCUT2D eigenvalue weighted by molar-refractivity contribution is 8.15. The summed E-state index contributed by atoms with van der Waals surface area (Å²) in [4.78, 5) is 4.78. The number of fused-ring (bicyclic) bond motifs is 1. The number of amidine groups is 1. The Kier molecular flexibility index (Phi) is 5.06. The molecule has 1 aromatic carbocycles. The van der Waals surface area contributed by atoms with E-state index in [1.165, 1.54) is 5.57 Å². The minimum Gasteiger partial charge on any atom is -0.359 e. The predicted molar refractivity (Wildman–Crippen MR) is 104 cm³/mol. The molecule has 3 nitrogen and oxygen atoms in total. The van der Waals surface area contributed by atoms with E-state index >= 15 is 0 Å². The predicted octanol–water partition coefficient (Wildman–Crippen LogP) is 3.91. The van der Waals surface area contributed by atoms with Crippen molar-refractivity contribution in [2.24, 2.45) is 4.99 Å². The van der Waals surface area contributed by atoms with E-state index in [1.54, 1.807) is 23.9 Å². The highest BCUT2D eigenvalue weighted by atomic mass is 32.2. The lowest BCUT2D eigenvalue weighted by Gasteiger charge is -2.29. The number of rotatable bonds is 3. The summed E-state index contributed by atoms with van der Waals surface area (Å²) < 4.78 is 14.2. The molecule has 0 fully saturated rings. The van der Waals surface area contributed by atoms with Gasteiger partial charge in [0.1, 0.15) is 6.17 Å². The first-order valence-corrected chi connectivity index (χ1v) is 9.14. The van der Waals surface area contributed by atoms with Crippen molar-refractivity contribution in [3.05, 3.63) is 59.7 Å². The Balaban J connectivity index is 1.55. The lowest BCUT2D eigenvalue weighted by atomic mass is 9.86. The number of allylic oxidation sites excluding steroid dienone is 2. The number of benzene rings is 1. The van der Waals surface area contributed by atoms with Gasteiger partial charge in [0.2, 0.25) is 0 Å². The third kappa shape index (κ3) is 3.54. The summed E-state index contributed by atoms with van der Waals surface area (Å²) in [7, 11) is 0. The second-order valence-electron chi connectivity index (χ2n) is 6.05. The second kappa shape index (κ2) is 7.07. The number of hydrogen-bond acceptors (Lipinski definition) is 3. The Hall–Kier alpha value is -1.66. The van der Waals surface area contributed by atoms with E-state index < -0.39 is 6.17 Å². The number of nitrogens with zero attached hydrogens (tertiary/aromatic N) is 1. The average Bonchev–Trinajstić information content (AvgIpc) is 2.91. The number of halogens is 1. The zero-order valence-corrected chi connectivity index (χ0v) is 15.3. The number of thiocarbonyl (C=S) groups is 1. The van der Waals surface area contributed by atoms with Gasteiger partial charge in [-0.2, -0.15) is 0 Å². The number of alkyl halides is 1. The molecule has 3 rings (SSSR count). The van der Waals surface area contributed by atoms with Crippen LogP contribution >= 0.6 is 24.0 Å². The fourth-order valence-corrected chi connectivity index (χ4v) is 4.23. The molecule has 0 saturated carbocycles. The molecule has 0 amide bonds. The van der Waals surface area contributed by atoms with Crippen molar-refractivity contribution in [2.75, 3.05) is 6.54 Å². The molecule has 2 N–H and O–H groups in total. The van der Waals surface area contributed by atoms with Gasteiger partial charge in [-0.1, -0.05) is 60.3 Å². The molecule has 1 aliphatic heterocycles. The fraction of sp³-hybridized carbons (Fsp3) is 0.333. The highest BCUT2D eigenvalue weighted by Crippen LogP contribution is 2.42. The lowest BCUT2D eigenvalue weighted by Crippen LogP contribution is -2.39. The third-order valence-electron chi connectivity index (χ3n) is 4.38. The Morgan fingerprint density at radius 2 is 2.17 bits per heavy atom. The van der Waals surface area contributed by atoms with E-state index in [4.69, 9.17) is 17.2 Å². The largest absolute Gasteiger partial charge is 0.359 e. The van der Waals surface area contributed by atoms with Crippen LogP contribution in [0.15, 0.2) is 59.1 Å². The van der Waals surface area contributed by atoms with Crippen LogP contribution in [0.2, 0.25) is 0 Å². The van der Waals surface area contributed by atoms with Gasteiger partial charge in [0.15, 0.2) is 10.3 Å². The quantitative estimate of drug-likeness (QED) is 0.801. The van der Waals surface area contributed by atoms with Crippen molar-refractivity contribution in [1.82, 2.24) is 10.6 Å². The van der Waals surface area contributed by atoms with Gasteiger partial charge in [0, 0.05) is 0 Å². The molecular weight excluding hydrogens is 341 g/mol. The zero-order chi connectivity index (χ0) is 17.2. The number of hydrogen-bond donors (Lipinski definition) is 2. The molecule has 3 atom stereocenters. The minimum atomic E-state index is -1.10. The third-order valence-corrected chi connectivity index (χ3v) is 5.91. The molecule has 0 radical (unpaired) electrons. The van der Waals surface area contributed by atoms with Crippen LogP contribution in [-0.2, 0) is 0 Å². The summed E-state index contributed by atoms with van der Waals surface area (Å²) in [5.74, 6) is 0. The summed E-state index contributed by atoms with van der Waals surface area (Å²) in [6, 6.07) is 9.07. The van der Waals surface area contributed by atoms with Crippen molar-refractivity contribution in [3.63, 3.8) is 0 Å². The molecule has 1 heterocycles. The van der Waals surface area contributed by atoms with Crippen LogP contribution in [0.1, 0.15) is 25.6 Å². The second-order valence-corrected chi connectivity index (χ2v) is 7.59. The fourth-order valence-electron chi connectivity index (χ4n) is 2.71. The SMILES string of the molecule is CC1=CC=CC2SC(NC(=S)NCC(F)c3ccccc3)=NC12C. The summed E-state index contributed by atoms with van der Waals surface area (Å²) in [5, 5.41) is 7.46. The zero-order valence-electron chi connectivity index (χ0n) is 13.6. The molecule has 1 aromatic rings. The molecular formula is C18H20FN3S2. The van der Waals surface area contributed by atoms with Crippen molar-refractivity contribution in [1.29, 1.82) is 0 Å². The minimum absolute atomic E-state index is 0.132. The first kappa shape index (κ1) is 17.2. The monoisotopic (exact) mass is 361 g/mol. The van der Waals surface area contributed by atoms with E-state index in [1.807, 2.05) is 18.2 Å². The maximum absolute atomic E-state index is 14.2. The van der Waals surface area contributed by atoms with Gasteiger partial charge >= 0.3 is 0 Å². The Labute approximate surface area is 151 Å². The first-order valence-electron chi connectivity index (χ1n) is 7.85. The molecule has 0 saturated heterocycles. The van der Waals surface area contributed by atoms with Gasteiger partial charge in [-0.05, 0) is 37.2 Å². The lowest BCUT2D eigenvalue weighted by molar-refractivity contribution is 0.342. The van der Waals surface area contributed by atoms with Crippen molar-refractivity contribution in [3.8, 4) is 0 Å². The molecule has 126 valence electrons. The highest BCUT2D eigenvalue weighted by Gasteiger charge is 2.42. The normalized spacial score (nSPS) is 26.2. The van der Waals surface area contributed by atoms with E-state index in [-0.39, 0.29) is 17.3 Å². The molecule has 1 aliphatic carbocycles. The number of nitrogens with one attached hydrogen (secondary N) is 2. The average molecular weight is 362 g/mol. The molecule has 6 heteroatoms. The molecule has 0 aromatic heterocycles. The Morgan fingerprint density at radius 1 is 1.42 bits per heavy atom. The van der Waals surface area contributed by atoms with Crippen LogP contribution in [0.5, 0.6) is 0 Å². The maximum atomic E-state index is 14.2. The summed E-state index contributed by atoms with van der Waals surface area (Å²) in [6.07, 6.45) is 5.21. The van der Waals surface area contributed by atoms with Crippen molar-refractivity contribution in [2.45, 2.75) is 30.8 Å². The molecule has 2 aliphatic rings. The smallest absolute Gasteiger partial charge is 0.172 e. The van der Waals surface area contributed by atoms with Crippen LogP contribution in [0.3, 0.4) is 0 Å². The van der Waals surface area contributed by atoms with Gasteiger partial charge in [-0.15, -0.1) is 0 Å². The van der Waals surface area contributed by atoms with Crippen molar-refractivity contribution < 1.29 is 4.39 Å². The first-order chi connectivity index (χ1) is 11.5. The van der Waals surface area contributed by atoms with E-state index in [2.05, 4.69) is 42.7 Å². The van der Waals surface area contributed by atoms with Crippen LogP contribution < -0.4 is 10.6 Å². The van der Waals surface area contributed by atoms with Crippen molar-refractivity contribution >= 4 is 34.3 Å². The van der Waals surface area contributed by atoms with E-state index in [9.17, 15) is 4.39 Å². The Bertz CT molecular complexity index is 714. The standard InChI is InChI=1S/C18H20FN3S2/c1-12-7-6-10-15-18(12,2)22-17(24-15)21-16(23)20-11-14(19)13-8-4-3-5-9-13/h3-10,14-15H,11H2,1-2H3,(H2,20,21,22,23). The molecule has 3 unspecified atom stereocenters. The van der Waals surface area contributed by atoms with Gasteiger partial charge in [-0.25, -0.2) is 9.38 Å².